The van der Waals surface area contributed by atoms with Gasteiger partial charge in [0.05, 0.1) is 0 Å². The van der Waals surface area contributed by atoms with E-state index in [1.54, 1.807) is 0 Å². The Bertz CT molecular complexity index is 3710. The summed E-state index contributed by atoms with van der Waals surface area (Å²) in [4.78, 5) is 0. The second kappa shape index (κ2) is 27.4. The van der Waals surface area contributed by atoms with Crippen molar-refractivity contribution >= 4 is 75.6 Å². The molecule has 0 bridgehead atoms. The zero-order valence-electron chi connectivity index (χ0n) is 52.0. The van der Waals surface area contributed by atoms with Gasteiger partial charge in [0.25, 0.3) is 0 Å². The molecule has 0 aliphatic carbocycles. The van der Waals surface area contributed by atoms with Crippen LogP contribution in [0.25, 0.3) is 0 Å². The van der Waals surface area contributed by atoms with Crippen molar-refractivity contribution in [2.45, 2.75) is 39.3 Å². The van der Waals surface area contributed by atoms with Crippen LogP contribution in [0.4, 0.5) is 0 Å². The topological polar surface area (TPSA) is 55.4 Å². The van der Waals surface area contributed by atoms with E-state index < -0.39 is 27.8 Å². The zero-order chi connectivity index (χ0) is 62.4. The maximum absolute atomic E-state index is 9.53. The first kappa shape index (κ1) is 62.5. The van der Waals surface area contributed by atoms with E-state index in [4.69, 9.17) is 14.2 Å². The number of hydrogen-bond acceptors (Lipinski definition) is 6. The molecule has 12 aromatic rings. The summed E-state index contributed by atoms with van der Waals surface area (Å²) in [6, 6.07) is 123. The molecule has 91 heavy (non-hydrogen) atoms. The van der Waals surface area contributed by atoms with Crippen LogP contribution in [0.5, 0.6) is 17.2 Å². The summed E-state index contributed by atoms with van der Waals surface area (Å²) < 4.78 is 49.8. The fourth-order valence-electron chi connectivity index (χ4n) is 14.0. The monoisotopic (exact) mass is 1250 g/mol. The van der Waals surface area contributed by atoms with Crippen molar-refractivity contribution in [2.75, 3.05) is 19.8 Å². The van der Waals surface area contributed by atoms with Gasteiger partial charge in [0.2, 0.25) is 0 Å². The summed E-state index contributed by atoms with van der Waals surface area (Å²) in [6.45, 7) is -7.52. The van der Waals surface area contributed by atoms with E-state index in [2.05, 4.69) is 367 Å². The molecule has 0 saturated heterocycles. The average Bonchev–Trinajstić information content (AvgIpc) is 0.691. The molecule has 10 heteroatoms. The Morgan fingerprint density at radius 3 is 0.593 bits per heavy atom. The van der Waals surface area contributed by atoms with Gasteiger partial charge in [-0.2, -0.15) is 0 Å². The van der Waals surface area contributed by atoms with Gasteiger partial charge in [-0.3, -0.25) is 0 Å². The van der Waals surface area contributed by atoms with E-state index >= 15 is 0 Å². The van der Waals surface area contributed by atoms with Crippen LogP contribution in [0.1, 0.15) is 37.5 Å². The van der Waals surface area contributed by atoms with E-state index in [1.807, 2.05) is 0 Å². The van der Waals surface area contributed by atoms with Gasteiger partial charge in [-0.05, 0) is 0 Å². The SMILES string of the molecule is CCOc1ccccc1P(Cc1ccccc1)(OB(OP(Cc1ccccc1)(c1ccccc1)(c1ccccc1)c1ccccc1OCC)OP(Cc1ccccc1)(c1ccccc1)(c1ccccc1)c1ccccc1OCC)(c1ccccc1)c1ccccc1. The second-order valence-corrected chi connectivity index (χ2v) is 36.3. The molecule has 456 valence electrons. The molecule has 12 aromatic carbocycles. The second-order valence-electron chi connectivity index (χ2n) is 22.9. The van der Waals surface area contributed by atoms with E-state index in [0.29, 0.717) is 55.6 Å². The molecule has 0 N–H and O–H groups in total. The third-order valence-corrected chi connectivity index (χ3v) is 35.1. The minimum atomic E-state index is -4.95. The van der Waals surface area contributed by atoms with Crippen LogP contribution in [-0.2, 0) is 31.8 Å². The normalized spacial score (nSPS) is 13.0. The predicted molar refractivity (Wildman–Crippen MR) is 388 cm³/mol. The van der Waals surface area contributed by atoms with Crippen molar-refractivity contribution in [2.24, 2.45) is 0 Å². The first-order valence-electron chi connectivity index (χ1n) is 31.6. The van der Waals surface area contributed by atoms with E-state index in [-0.39, 0.29) is 0 Å². The fourth-order valence-corrected chi connectivity index (χ4v) is 31.6. The molecular formula is C81H78BO6P3. The first-order valence-corrected chi connectivity index (χ1v) is 38.6. The molecule has 0 aliphatic rings. The first-order chi connectivity index (χ1) is 44.8. The molecule has 0 spiro atoms. The molecule has 0 fully saturated rings. The van der Waals surface area contributed by atoms with Crippen molar-refractivity contribution in [1.29, 1.82) is 0 Å². The predicted octanol–water partition coefficient (Wildman–Crippen LogP) is 16.2. The quantitative estimate of drug-likeness (QED) is 0.0378. The van der Waals surface area contributed by atoms with E-state index in [0.717, 1.165) is 64.4 Å². The van der Waals surface area contributed by atoms with Gasteiger partial charge in [0.15, 0.2) is 0 Å². The Hall–Kier alpha value is -8.73. The van der Waals surface area contributed by atoms with Crippen molar-refractivity contribution in [1.82, 2.24) is 0 Å². The molecule has 0 radical (unpaired) electrons. The summed E-state index contributed by atoms with van der Waals surface area (Å²) >= 11 is 0. The number of ether oxygens (including phenoxy) is 3. The van der Waals surface area contributed by atoms with Crippen molar-refractivity contribution in [3.8, 4) is 17.2 Å². The van der Waals surface area contributed by atoms with Crippen molar-refractivity contribution in [3.63, 3.8) is 0 Å². The Balaban J connectivity index is 1.38. The molecule has 0 saturated carbocycles. The molecular weight excluding hydrogens is 1170 g/mol. The van der Waals surface area contributed by atoms with Gasteiger partial charge in [-0.1, -0.05) is 0 Å². The molecule has 0 aliphatic heterocycles. The summed E-state index contributed by atoms with van der Waals surface area (Å²) in [6.07, 6.45) is 1.07. The summed E-state index contributed by atoms with van der Waals surface area (Å²) in [5.41, 5.74) is 3.13. The van der Waals surface area contributed by atoms with Crippen LogP contribution in [0, 0.1) is 0 Å². The molecule has 12 rings (SSSR count). The van der Waals surface area contributed by atoms with Gasteiger partial charge < -0.3 is 0 Å². The van der Waals surface area contributed by atoms with Gasteiger partial charge in [-0.25, -0.2) is 0 Å². The molecule has 0 heterocycles. The van der Waals surface area contributed by atoms with Gasteiger partial charge in [-0.15, -0.1) is 0 Å². The summed E-state index contributed by atoms with van der Waals surface area (Å²) in [7, 11) is -1.66. The van der Waals surface area contributed by atoms with Gasteiger partial charge in [0, 0.05) is 0 Å². The minimum absolute atomic E-state index is 0.357. The maximum atomic E-state index is 9.53. The number of para-hydroxylation sites is 3. The Morgan fingerprint density at radius 2 is 0.396 bits per heavy atom. The molecule has 6 nitrogen and oxygen atoms in total. The Morgan fingerprint density at radius 1 is 0.220 bits per heavy atom. The van der Waals surface area contributed by atoms with Crippen LogP contribution < -0.4 is 62.0 Å². The Labute approximate surface area is 538 Å². The number of rotatable bonds is 27. The third kappa shape index (κ3) is 11.2. The third-order valence-electron chi connectivity index (χ3n) is 17.8. The fraction of sp³-hybridized carbons (Fsp3) is 0.111. The van der Waals surface area contributed by atoms with Crippen molar-refractivity contribution in [3.05, 3.63) is 362 Å². The number of benzene rings is 12. The van der Waals surface area contributed by atoms with Crippen LogP contribution in [0.2, 0.25) is 0 Å². The molecule has 0 unspecified atom stereocenters. The van der Waals surface area contributed by atoms with Crippen LogP contribution >= 0.6 is 20.5 Å². The van der Waals surface area contributed by atoms with Gasteiger partial charge in [0.1, 0.15) is 0 Å². The van der Waals surface area contributed by atoms with Crippen LogP contribution in [-0.4, -0.2) is 27.1 Å². The molecule has 0 atom stereocenters. The molecule has 0 amide bonds. The summed E-state index contributed by atoms with van der Waals surface area (Å²) in [5.74, 6) is 2.07. The van der Waals surface area contributed by atoms with E-state index in [1.165, 1.54) is 0 Å². The zero-order valence-corrected chi connectivity index (χ0v) is 54.7. The standard InChI is InChI=1S/C81H78BO6P3/c1-4-83-76-58-34-37-61-79(76)89(70-46-22-10-23-47-70,71-48-24-11-25-49-71,64-67-40-16-7-17-41-67)86-82(87-90(72-50-26-12-27-51-72,73-52-28-13-29-53-73,65-68-42-18-8-19-43-68)80-62-38-35-59-77(80)84-5-2)88-91(74-54-30-14-31-55-74,75-56-32-15-33-57-75,66-69-44-20-9-21-45-69)81-63-39-36-60-78(81)85-6-3/h7-63H,4-6,64-66H2,1-3H3. The van der Waals surface area contributed by atoms with Crippen molar-refractivity contribution < 1.29 is 27.5 Å². The van der Waals surface area contributed by atoms with E-state index in [9.17, 15) is 13.3 Å². The molecule has 0 aromatic heterocycles. The summed E-state index contributed by atoms with van der Waals surface area (Å²) in [5, 5.41) is 8.32. The van der Waals surface area contributed by atoms with Crippen LogP contribution in [0.15, 0.2) is 346 Å². The number of hydrogen-bond donors (Lipinski definition) is 0. The average molecular weight is 1250 g/mol. The van der Waals surface area contributed by atoms with Gasteiger partial charge >= 0.3 is 542 Å². The Kier molecular flexibility index (Phi) is 18.8. The van der Waals surface area contributed by atoms with Crippen LogP contribution in [0.3, 0.4) is 0 Å².